The van der Waals surface area contributed by atoms with Gasteiger partial charge >= 0.3 is 5.97 Å². The smallest absolute Gasteiger partial charge is 0.305 e. The zero-order valence-electron chi connectivity index (χ0n) is 12.7. The van der Waals surface area contributed by atoms with Gasteiger partial charge in [-0.05, 0) is 24.3 Å². The fourth-order valence-electron chi connectivity index (χ4n) is 1.94. The van der Waals surface area contributed by atoms with Crippen LogP contribution in [0.2, 0.25) is 0 Å². The number of nitrogens with one attached hydrogen (secondary N) is 3. The molecule has 0 saturated carbocycles. The number of carbonyl (C=O) groups is 3. The molecular weight excluding hydrogens is 314 g/mol. The first-order valence-corrected chi connectivity index (χ1v) is 7.19. The van der Waals surface area contributed by atoms with Crippen molar-refractivity contribution in [1.29, 1.82) is 0 Å². The van der Waals surface area contributed by atoms with Crippen LogP contribution in [-0.2, 0) is 16.1 Å². The van der Waals surface area contributed by atoms with Crippen LogP contribution >= 0.6 is 0 Å². The van der Waals surface area contributed by atoms with Gasteiger partial charge in [-0.2, -0.15) is 0 Å². The van der Waals surface area contributed by atoms with Crippen LogP contribution in [0.5, 0.6) is 0 Å². The number of carboxylic acids is 1. The van der Waals surface area contributed by atoms with Crippen molar-refractivity contribution in [3.63, 3.8) is 0 Å². The Morgan fingerprint density at radius 3 is 2.42 bits per heavy atom. The van der Waals surface area contributed by atoms with E-state index in [4.69, 9.17) is 9.52 Å². The molecule has 8 heteroatoms. The highest BCUT2D eigenvalue weighted by Gasteiger charge is 2.22. The minimum Gasteiger partial charge on any atom is -0.481 e. The molecule has 0 aliphatic carbocycles. The molecule has 1 aromatic carbocycles. The summed E-state index contributed by atoms with van der Waals surface area (Å²) in [6.45, 7) is 0.186. The topological polar surface area (TPSA) is 121 Å². The quantitative estimate of drug-likeness (QED) is 0.554. The van der Waals surface area contributed by atoms with Gasteiger partial charge in [0.25, 0.3) is 11.8 Å². The van der Waals surface area contributed by atoms with Crippen molar-refractivity contribution in [3.05, 3.63) is 60.1 Å². The molecular formula is C16H17N3O5. The summed E-state index contributed by atoms with van der Waals surface area (Å²) in [7, 11) is 0. The Hall–Kier alpha value is -3.13. The number of carboxylic acid groups (broad SMARTS) is 1. The van der Waals surface area contributed by atoms with Gasteiger partial charge in [0.15, 0.2) is 0 Å². The average molecular weight is 331 g/mol. The number of carbonyl (C=O) groups excluding carboxylic acids is 2. The molecule has 0 unspecified atom stereocenters. The molecule has 0 aliphatic heterocycles. The van der Waals surface area contributed by atoms with Gasteiger partial charge in [0.05, 0.1) is 25.3 Å². The van der Waals surface area contributed by atoms with Gasteiger partial charge in [-0.15, -0.1) is 0 Å². The first-order chi connectivity index (χ1) is 11.6. The first kappa shape index (κ1) is 17.2. The SMILES string of the molecule is O=C(O)C[C@H](NCc1ccco1)C(=O)NNC(=O)c1ccccc1. The maximum atomic E-state index is 12.1. The number of benzene rings is 1. The van der Waals surface area contributed by atoms with Gasteiger partial charge in [0, 0.05) is 5.56 Å². The van der Waals surface area contributed by atoms with E-state index in [9.17, 15) is 14.4 Å². The summed E-state index contributed by atoms with van der Waals surface area (Å²) in [6.07, 6.45) is 1.04. The molecule has 1 aromatic heterocycles. The Morgan fingerprint density at radius 1 is 1.04 bits per heavy atom. The van der Waals surface area contributed by atoms with Crippen molar-refractivity contribution < 1.29 is 23.9 Å². The summed E-state index contributed by atoms with van der Waals surface area (Å²) in [6, 6.07) is 10.7. The first-order valence-electron chi connectivity index (χ1n) is 7.19. The lowest BCUT2D eigenvalue weighted by Crippen LogP contribution is -2.51. The molecule has 0 bridgehead atoms. The predicted octanol–water partition coefficient (Wildman–Crippen LogP) is 0.674. The number of hydrazine groups is 1. The number of aliphatic carboxylic acids is 1. The fourth-order valence-corrected chi connectivity index (χ4v) is 1.94. The maximum absolute atomic E-state index is 12.1. The molecule has 126 valence electrons. The molecule has 0 radical (unpaired) electrons. The lowest BCUT2D eigenvalue weighted by atomic mass is 10.2. The minimum atomic E-state index is -1.14. The number of furan rings is 1. The fraction of sp³-hybridized carbons (Fsp3) is 0.188. The predicted molar refractivity (Wildman–Crippen MR) is 83.6 cm³/mol. The normalized spacial score (nSPS) is 11.5. The second-order valence-electron chi connectivity index (χ2n) is 4.92. The molecule has 8 nitrogen and oxygen atoms in total. The maximum Gasteiger partial charge on any atom is 0.305 e. The van der Waals surface area contributed by atoms with Crippen molar-refractivity contribution in [3.8, 4) is 0 Å². The van der Waals surface area contributed by atoms with Crippen molar-refractivity contribution >= 4 is 17.8 Å². The summed E-state index contributed by atoms with van der Waals surface area (Å²) in [5, 5.41) is 11.7. The Kier molecular flexibility index (Phi) is 6.09. The van der Waals surface area contributed by atoms with E-state index in [2.05, 4.69) is 16.2 Å². The van der Waals surface area contributed by atoms with E-state index < -0.39 is 30.2 Å². The van der Waals surface area contributed by atoms with Crippen LogP contribution in [0.15, 0.2) is 53.1 Å². The highest BCUT2D eigenvalue weighted by atomic mass is 16.4. The van der Waals surface area contributed by atoms with Gasteiger partial charge in [0.1, 0.15) is 5.76 Å². The van der Waals surface area contributed by atoms with E-state index >= 15 is 0 Å². The molecule has 1 heterocycles. The van der Waals surface area contributed by atoms with E-state index in [1.165, 1.54) is 6.26 Å². The van der Waals surface area contributed by atoms with Crippen molar-refractivity contribution in [2.24, 2.45) is 0 Å². The minimum absolute atomic E-state index is 0.186. The van der Waals surface area contributed by atoms with E-state index in [1.54, 1.807) is 42.5 Å². The Labute approximate surface area is 137 Å². The van der Waals surface area contributed by atoms with E-state index in [-0.39, 0.29) is 6.54 Å². The monoisotopic (exact) mass is 331 g/mol. The molecule has 0 aliphatic rings. The van der Waals surface area contributed by atoms with Crippen LogP contribution in [0, 0.1) is 0 Å². The molecule has 4 N–H and O–H groups in total. The lowest BCUT2D eigenvalue weighted by molar-refractivity contribution is -0.140. The summed E-state index contributed by atoms with van der Waals surface area (Å²) in [5.41, 5.74) is 4.84. The Balaban J connectivity index is 1.89. The molecule has 2 aromatic rings. The second-order valence-corrected chi connectivity index (χ2v) is 4.92. The van der Waals surface area contributed by atoms with Crippen LogP contribution in [0.3, 0.4) is 0 Å². The van der Waals surface area contributed by atoms with Crippen molar-refractivity contribution in [2.75, 3.05) is 0 Å². The van der Waals surface area contributed by atoms with Gasteiger partial charge in [-0.1, -0.05) is 18.2 Å². The van der Waals surface area contributed by atoms with Crippen LogP contribution in [0.1, 0.15) is 22.5 Å². The molecule has 1 atom stereocenters. The van der Waals surface area contributed by atoms with Crippen molar-refractivity contribution in [2.45, 2.75) is 19.0 Å². The summed E-state index contributed by atoms with van der Waals surface area (Å²) < 4.78 is 5.11. The van der Waals surface area contributed by atoms with Gasteiger partial charge in [0.2, 0.25) is 0 Å². The largest absolute Gasteiger partial charge is 0.481 e. The number of rotatable bonds is 7. The van der Waals surface area contributed by atoms with Crippen LogP contribution in [0.4, 0.5) is 0 Å². The van der Waals surface area contributed by atoms with Gasteiger partial charge < -0.3 is 9.52 Å². The summed E-state index contributed by atoms with van der Waals surface area (Å²) in [4.78, 5) is 34.9. The van der Waals surface area contributed by atoms with Gasteiger partial charge in [-0.25, -0.2) is 0 Å². The molecule has 0 fully saturated rings. The third-order valence-corrected chi connectivity index (χ3v) is 3.13. The number of hydrogen-bond donors (Lipinski definition) is 4. The van der Waals surface area contributed by atoms with E-state index in [1.807, 2.05) is 0 Å². The molecule has 0 spiro atoms. The average Bonchev–Trinajstić information content (AvgIpc) is 3.10. The van der Waals surface area contributed by atoms with Crippen LogP contribution in [-0.4, -0.2) is 28.9 Å². The van der Waals surface area contributed by atoms with Gasteiger partial charge in [-0.3, -0.25) is 30.6 Å². The third-order valence-electron chi connectivity index (χ3n) is 3.13. The highest BCUT2D eigenvalue weighted by Crippen LogP contribution is 2.02. The second kappa shape index (κ2) is 8.49. The molecule has 24 heavy (non-hydrogen) atoms. The van der Waals surface area contributed by atoms with E-state index in [0.717, 1.165) is 0 Å². The molecule has 2 amide bonds. The standard InChI is InChI=1S/C16H17N3O5/c20-14(21)9-13(17-10-12-7-4-8-24-12)16(23)19-18-15(22)11-5-2-1-3-6-11/h1-8,13,17H,9-10H2,(H,18,22)(H,19,23)(H,20,21)/t13-/m0/s1. The lowest BCUT2D eigenvalue weighted by Gasteiger charge is -2.16. The van der Waals surface area contributed by atoms with Crippen molar-refractivity contribution in [1.82, 2.24) is 16.2 Å². The number of hydrogen-bond acceptors (Lipinski definition) is 5. The zero-order valence-corrected chi connectivity index (χ0v) is 12.7. The Morgan fingerprint density at radius 2 is 1.79 bits per heavy atom. The highest BCUT2D eigenvalue weighted by molar-refractivity contribution is 5.96. The number of amides is 2. The summed E-state index contributed by atoms with van der Waals surface area (Å²) in [5.74, 6) is -1.74. The third kappa shape index (κ3) is 5.25. The molecule has 2 rings (SSSR count). The zero-order chi connectivity index (χ0) is 17.4. The Bertz CT molecular complexity index is 685. The van der Waals surface area contributed by atoms with Crippen LogP contribution in [0.25, 0.3) is 0 Å². The van der Waals surface area contributed by atoms with E-state index in [0.29, 0.717) is 11.3 Å². The summed E-state index contributed by atoms with van der Waals surface area (Å²) >= 11 is 0. The van der Waals surface area contributed by atoms with Crippen LogP contribution < -0.4 is 16.2 Å². The molecule has 0 saturated heterocycles.